The zero-order valence-corrected chi connectivity index (χ0v) is 11.2. The maximum Gasteiger partial charge on any atom is 0.333 e. The monoisotopic (exact) mass is 281 g/mol. The molecule has 1 aliphatic heterocycles. The molecule has 0 aromatic rings. The van der Waals surface area contributed by atoms with E-state index in [1.54, 1.807) is 0 Å². The number of rotatable bonds is 4. The second-order valence-electron chi connectivity index (χ2n) is 3.56. The SMILES string of the molecule is C1COCCN1.C=C(C)C(=O)OCCS(=O)(=O)O. The zero-order chi connectivity index (χ0) is 14.0. The van der Waals surface area contributed by atoms with Crippen molar-refractivity contribution < 1.29 is 27.2 Å². The first-order chi connectivity index (χ1) is 8.33. The molecular formula is C10H19NO6S. The van der Waals surface area contributed by atoms with Gasteiger partial charge in [0.1, 0.15) is 12.4 Å². The Morgan fingerprint density at radius 3 is 2.28 bits per heavy atom. The summed E-state index contributed by atoms with van der Waals surface area (Å²) in [6.07, 6.45) is 0. The average Bonchev–Trinajstić information content (AvgIpc) is 2.30. The van der Waals surface area contributed by atoms with E-state index in [4.69, 9.17) is 9.29 Å². The molecule has 0 unspecified atom stereocenters. The lowest BCUT2D eigenvalue weighted by Gasteiger charge is -2.10. The molecule has 0 aliphatic carbocycles. The summed E-state index contributed by atoms with van der Waals surface area (Å²) < 4.78 is 37.9. The van der Waals surface area contributed by atoms with Crippen LogP contribution in [0.5, 0.6) is 0 Å². The smallest absolute Gasteiger partial charge is 0.333 e. The number of carbonyl (C=O) groups excluding carboxylic acids is 1. The van der Waals surface area contributed by atoms with Crippen molar-refractivity contribution in [2.24, 2.45) is 0 Å². The van der Waals surface area contributed by atoms with Gasteiger partial charge in [0.2, 0.25) is 0 Å². The van der Waals surface area contributed by atoms with Crippen molar-refractivity contribution in [2.75, 3.05) is 38.7 Å². The second-order valence-corrected chi connectivity index (χ2v) is 5.14. The molecule has 2 N–H and O–H groups in total. The van der Waals surface area contributed by atoms with Crippen molar-refractivity contribution in [3.63, 3.8) is 0 Å². The van der Waals surface area contributed by atoms with Crippen LogP contribution in [0.25, 0.3) is 0 Å². The zero-order valence-electron chi connectivity index (χ0n) is 10.3. The fourth-order valence-corrected chi connectivity index (χ4v) is 1.17. The van der Waals surface area contributed by atoms with Crippen molar-refractivity contribution in [2.45, 2.75) is 6.92 Å². The van der Waals surface area contributed by atoms with Gasteiger partial charge in [-0.15, -0.1) is 0 Å². The minimum atomic E-state index is -4.05. The van der Waals surface area contributed by atoms with Gasteiger partial charge in [0, 0.05) is 18.7 Å². The molecule has 1 aliphatic rings. The Bertz CT molecular complexity index is 349. The standard InChI is InChI=1S/C6H10O5S.C4H9NO/c1-5(2)6(7)11-3-4-12(8,9)10;1-3-6-4-2-5-1/h1,3-4H2,2H3,(H,8,9,10);5H,1-4H2. The van der Waals surface area contributed by atoms with E-state index in [0.29, 0.717) is 0 Å². The fraction of sp³-hybridized carbons (Fsp3) is 0.700. The molecule has 0 aromatic heterocycles. The Hall–Kier alpha value is -0.960. The quantitative estimate of drug-likeness (QED) is 0.410. The molecule has 1 heterocycles. The number of morpholine rings is 1. The Kier molecular flexibility index (Phi) is 8.55. The predicted octanol–water partition coefficient (Wildman–Crippen LogP) is -0.400. The summed E-state index contributed by atoms with van der Waals surface area (Å²) in [7, 11) is -4.05. The van der Waals surface area contributed by atoms with Crippen LogP contribution in [0.4, 0.5) is 0 Å². The molecule has 1 saturated heterocycles. The Morgan fingerprint density at radius 2 is 2.00 bits per heavy atom. The highest BCUT2D eigenvalue weighted by Crippen LogP contribution is 1.92. The molecule has 0 aromatic carbocycles. The minimum absolute atomic E-state index is 0.185. The number of esters is 1. The summed E-state index contributed by atoms with van der Waals surface area (Å²) >= 11 is 0. The van der Waals surface area contributed by atoms with Gasteiger partial charge in [0.25, 0.3) is 10.1 Å². The molecule has 0 atom stereocenters. The van der Waals surface area contributed by atoms with E-state index < -0.39 is 21.8 Å². The van der Waals surface area contributed by atoms with Crippen LogP contribution in [0.15, 0.2) is 12.2 Å². The van der Waals surface area contributed by atoms with Crippen molar-refractivity contribution in [1.29, 1.82) is 0 Å². The van der Waals surface area contributed by atoms with Crippen molar-refractivity contribution in [3.05, 3.63) is 12.2 Å². The number of nitrogens with one attached hydrogen (secondary N) is 1. The van der Waals surface area contributed by atoms with E-state index in [1.165, 1.54) is 6.92 Å². The van der Waals surface area contributed by atoms with Gasteiger partial charge in [-0.05, 0) is 6.92 Å². The van der Waals surface area contributed by atoms with Gasteiger partial charge in [0.05, 0.1) is 13.2 Å². The number of hydrogen-bond acceptors (Lipinski definition) is 6. The number of ether oxygens (including phenoxy) is 2. The van der Waals surface area contributed by atoms with Crippen molar-refractivity contribution >= 4 is 16.1 Å². The summed E-state index contributed by atoms with van der Waals surface area (Å²) in [5.41, 5.74) is 0.185. The molecule has 1 fully saturated rings. The third kappa shape index (κ3) is 11.5. The number of carbonyl (C=O) groups is 1. The van der Waals surface area contributed by atoms with Crippen LogP contribution in [0.3, 0.4) is 0 Å². The highest BCUT2D eigenvalue weighted by Gasteiger charge is 2.07. The molecule has 0 spiro atoms. The van der Waals surface area contributed by atoms with Gasteiger partial charge >= 0.3 is 5.97 Å². The highest BCUT2D eigenvalue weighted by atomic mass is 32.2. The van der Waals surface area contributed by atoms with Gasteiger partial charge in [0.15, 0.2) is 0 Å². The van der Waals surface area contributed by atoms with Gasteiger partial charge in [-0.2, -0.15) is 8.42 Å². The first kappa shape index (κ1) is 17.0. The topological polar surface area (TPSA) is 102 Å². The summed E-state index contributed by atoms with van der Waals surface area (Å²) in [5.74, 6) is -1.26. The molecule has 106 valence electrons. The van der Waals surface area contributed by atoms with Crippen LogP contribution >= 0.6 is 0 Å². The Labute approximate surface area is 107 Å². The molecular weight excluding hydrogens is 262 g/mol. The van der Waals surface area contributed by atoms with Gasteiger partial charge in [-0.25, -0.2) is 4.79 Å². The average molecular weight is 281 g/mol. The molecule has 0 radical (unpaired) electrons. The molecule has 0 saturated carbocycles. The Balaban J connectivity index is 0.000000397. The van der Waals surface area contributed by atoms with Crippen LogP contribution in [-0.2, 0) is 24.4 Å². The molecule has 8 heteroatoms. The fourth-order valence-electron chi connectivity index (χ4n) is 0.879. The second kappa shape index (κ2) is 9.03. The van der Waals surface area contributed by atoms with Crippen LogP contribution in [0.1, 0.15) is 6.92 Å². The summed E-state index contributed by atoms with van der Waals surface area (Å²) in [6, 6.07) is 0. The molecule has 0 bridgehead atoms. The van der Waals surface area contributed by atoms with Gasteiger partial charge < -0.3 is 14.8 Å². The summed E-state index contributed by atoms with van der Waals surface area (Å²) in [5, 5.41) is 3.16. The molecule has 0 amide bonds. The van der Waals surface area contributed by atoms with Gasteiger partial charge in [-0.3, -0.25) is 4.55 Å². The van der Waals surface area contributed by atoms with Crippen LogP contribution in [0.2, 0.25) is 0 Å². The summed E-state index contributed by atoms with van der Waals surface area (Å²) in [4.78, 5) is 10.6. The van der Waals surface area contributed by atoms with Crippen molar-refractivity contribution in [1.82, 2.24) is 5.32 Å². The third-order valence-electron chi connectivity index (χ3n) is 1.77. The minimum Gasteiger partial charge on any atom is -0.461 e. The van der Waals surface area contributed by atoms with Crippen LogP contribution in [-0.4, -0.2) is 57.6 Å². The van der Waals surface area contributed by atoms with E-state index in [-0.39, 0.29) is 12.2 Å². The molecule has 18 heavy (non-hydrogen) atoms. The normalized spacial score (nSPS) is 15.2. The lowest BCUT2D eigenvalue weighted by molar-refractivity contribution is -0.138. The first-order valence-corrected chi connectivity index (χ1v) is 7.00. The van der Waals surface area contributed by atoms with Gasteiger partial charge in [-0.1, -0.05) is 6.58 Å². The number of hydrogen-bond donors (Lipinski definition) is 2. The van der Waals surface area contributed by atoms with E-state index in [2.05, 4.69) is 16.6 Å². The van der Waals surface area contributed by atoms with E-state index in [1.807, 2.05) is 0 Å². The predicted molar refractivity (Wildman–Crippen MR) is 65.9 cm³/mol. The van der Waals surface area contributed by atoms with E-state index in [0.717, 1.165) is 26.3 Å². The van der Waals surface area contributed by atoms with Crippen molar-refractivity contribution in [3.8, 4) is 0 Å². The maximum atomic E-state index is 10.6. The largest absolute Gasteiger partial charge is 0.461 e. The van der Waals surface area contributed by atoms with E-state index in [9.17, 15) is 13.2 Å². The molecule has 7 nitrogen and oxygen atoms in total. The van der Waals surface area contributed by atoms with Crippen LogP contribution in [0, 0.1) is 0 Å². The maximum absolute atomic E-state index is 10.6. The Morgan fingerprint density at radius 1 is 1.44 bits per heavy atom. The molecule has 1 rings (SSSR count). The first-order valence-electron chi connectivity index (χ1n) is 5.39. The summed E-state index contributed by atoms with van der Waals surface area (Å²) in [6.45, 7) is 8.20. The lowest BCUT2D eigenvalue weighted by atomic mass is 10.4. The lowest BCUT2D eigenvalue weighted by Crippen LogP contribution is -2.30. The van der Waals surface area contributed by atoms with Crippen LogP contribution < -0.4 is 5.32 Å². The highest BCUT2D eigenvalue weighted by molar-refractivity contribution is 7.85. The van der Waals surface area contributed by atoms with E-state index >= 15 is 0 Å². The third-order valence-corrected chi connectivity index (χ3v) is 2.45.